The summed E-state index contributed by atoms with van der Waals surface area (Å²) in [7, 11) is -4.15. The van der Waals surface area contributed by atoms with E-state index in [0.717, 1.165) is 11.6 Å². The Morgan fingerprint density at radius 1 is 1.08 bits per heavy atom. The molecule has 3 N–H and O–H groups in total. The molecule has 0 aliphatic heterocycles. The lowest BCUT2D eigenvalue weighted by Gasteiger charge is -2.14. The minimum absolute atomic E-state index is 0.0574. The average Bonchev–Trinajstić information content (AvgIpc) is 2.54. The van der Waals surface area contributed by atoms with Crippen LogP contribution in [-0.2, 0) is 15.8 Å². The smallest absolute Gasteiger partial charge is 0.395 e. The number of hydrogen-bond acceptors (Lipinski definition) is 4. The molecule has 7 nitrogen and oxygen atoms in total. The Hall–Kier alpha value is -2.63. The number of amides is 1. The van der Waals surface area contributed by atoms with E-state index >= 15 is 0 Å². The number of carboxylic acids is 1. The summed E-state index contributed by atoms with van der Waals surface area (Å²) >= 11 is 0. The standard InChI is InChI=1S/C16H16NO6P/c18-15(9-12-5-2-1-3-6-12)17-11-24(21,22)23-14-8-4-7-13(10-14)16(19)20/h1-8,10H,9,11H2,(H,17,18)(H,19,20)(H,21,22). The number of nitrogens with one attached hydrogen (secondary N) is 1. The van der Waals surface area contributed by atoms with Crippen molar-refractivity contribution in [3.63, 3.8) is 0 Å². The van der Waals surface area contributed by atoms with Crippen LogP contribution in [0.1, 0.15) is 15.9 Å². The van der Waals surface area contributed by atoms with Gasteiger partial charge >= 0.3 is 13.6 Å². The molecule has 0 aliphatic rings. The van der Waals surface area contributed by atoms with Gasteiger partial charge in [-0.15, -0.1) is 0 Å². The minimum atomic E-state index is -4.15. The van der Waals surface area contributed by atoms with Gasteiger partial charge in [0.15, 0.2) is 0 Å². The molecule has 1 unspecified atom stereocenters. The molecule has 1 atom stereocenters. The van der Waals surface area contributed by atoms with Crippen molar-refractivity contribution in [2.24, 2.45) is 0 Å². The zero-order valence-corrected chi connectivity index (χ0v) is 13.5. The highest BCUT2D eigenvalue weighted by molar-refractivity contribution is 7.53. The molecule has 24 heavy (non-hydrogen) atoms. The van der Waals surface area contributed by atoms with Crippen LogP contribution < -0.4 is 9.84 Å². The van der Waals surface area contributed by atoms with E-state index in [4.69, 9.17) is 9.63 Å². The van der Waals surface area contributed by atoms with E-state index in [2.05, 4.69) is 5.32 Å². The lowest BCUT2D eigenvalue weighted by atomic mass is 10.1. The van der Waals surface area contributed by atoms with E-state index in [1.165, 1.54) is 18.2 Å². The molecule has 126 valence electrons. The fourth-order valence-electron chi connectivity index (χ4n) is 1.91. The van der Waals surface area contributed by atoms with Crippen molar-refractivity contribution in [3.05, 3.63) is 65.7 Å². The number of rotatable bonds is 7. The summed E-state index contributed by atoms with van der Waals surface area (Å²) in [5.41, 5.74) is 0.707. The predicted octanol–water partition coefficient (Wildman–Crippen LogP) is 2.27. The summed E-state index contributed by atoms with van der Waals surface area (Å²) in [5, 5.41) is 11.2. The molecule has 0 bridgehead atoms. The third-order valence-corrected chi connectivity index (χ3v) is 4.07. The number of carbonyl (C=O) groups is 2. The molecule has 2 rings (SSSR count). The lowest BCUT2D eigenvalue weighted by Crippen LogP contribution is -2.27. The van der Waals surface area contributed by atoms with Crippen LogP contribution in [0.25, 0.3) is 0 Å². The maximum absolute atomic E-state index is 12.0. The van der Waals surface area contributed by atoms with Crippen molar-refractivity contribution >= 4 is 19.5 Å². The van der Waals surface area contributed by atoms with Crippen LogP contribution in [0.4, 0.5) is 0 Å². The van der Waals surface area contributed by atoms with Crippen molar-refractivity contribution in [3.8, 4) is 5.75 Å². The van der Waals surface area contributed by atoms with Crippen LogP contribution in [0.2, 0.25) is 0 Å². The third-order valence-electron chi connectivity index (χ3n) is 3.01. The first-order valence-electron chi connectivity index (χ1n) is 7.01. The Morgan fingerprint density at radius 3 is 2.46 bits per heavy atom. The SMILES string of the molecule is O=C(Cc1ccccc1)NCP(=O)(O)Oc1cccc(C(=O)O)c1. The summed E-state index contributed by atoms with van der Waals surface area (Å²) in [6.45, 7) is 0. The second kappa shape index (κ2) is 7.77. The minimum Gasteiger partial charge on any atom is -0.478 e. The molecule has 2 aromatic carbocycles. The van der Waals surface area contributed by atoms with Gasteiger partial charge in [0, 0.05) is 0 Å². The number of aromatic carboxylic acids is 1. The molecule has 1 amide bonds. The molecule has 8 heteroatoms. The van der Waals surface area contributed by atoms with Gasteiger partial charge in [0.25, 0.3) is 0 Å². The summed E-state index contributed by atoms with van der Waals surface area (Å²) < 4.78 is 16.9. The van der Waals surface area contributed by atoms with Gasteiger partial charge in [0.2, 0.25) is 5.91 Å². The molecule has 0 fully saturated rings. The number of benzene rings is 2. The summed E-state index contributed by atoms with van der Waals surface area (Å²) in [6, 6.07) is 14.2. The fraction of sp³-hybridized carbons (Fsp3) is 0.125. The van der Waals surface area contributed by atoms with E-state index in [1.807, 2.05) is 6.07 Å². The second-order valence-corrected chi connectivity index (χ2v) is 6.76. The molecule has 0 heterocycles. The second-order valence-electron chi connectivity index (χ2n) is 4.98. The summed E-state index contributed by atoms with van der Waals surface area (Å²) in [4.78, 5) is 32.4. The highest BCUT2D eigenvalue weighted by Crippen LogP contribution is 2.41. The first-order chi connectivity index (χ1) is 11.4. The van der Waals surface area contributed by atoms with Gasteiger partial charge in [-0.3, -0.25) is 4.79 Å². The number of carbonyl (C=O) groups excluding carboxylic acids is 1. The summed E-state index contributed by atoms with van der Waals surface area (Å²) in [5.74, 6) is -1.65. The van der Waals surface area contributed by atoms with E-state index < -0.39 is 25.8 Å². The van der Waals surface area contributed by atoms with Crippen LogP contribution in [0, 0.1) is 0 Å². The van der Waals surface area contributed by atoms with Crippen molar-refractivity contribution in [1.82, 2.24) is 5.32 Å². The lowest BCUT2D eigenvalue weighted by molar-refractivity contribution is -0.120. The monoisotopic (exact) mass is 349 g/mol. The Labute approximate surface area is 138 Å². The topological polar surface area (TPSA) is 113 Å². The maximum atomic E-state index is 12.0. The normalized spacial score (nSPS) is 12.9. The molecule has 2 aromatic rings. The molecular weight excluding hydrogens is 333 g/mol. The Balaban J connectivity index is 1.91. The quantitative estimate of drug-likeness (QED) is 0.661. The number of carboxylic acid groups (broad SMARTS) is 1. The van der Waals surface area contributed by atoms with Gasteiger partial charge < -0.3 is 19.8 Å². The van der Waals surface area contributed by atoms with Crippen LogP contribution in [0.5, 0.6) is 5.75 Å². The first-order valence-corrected chi connectivity index (χ1v) is 8.77. The zero-order valence-electron chi connectivity index (χ0n) is 12.6. The molecule has 0 aromatic heterocycles. The summed E-state index contributed by atoms with van der Waals surface area (Å²) in [6.07, 6.45) is -0.495. The van der Waals surface area contributed by atoms with Gasteiger partial charge in [-0.2, -0.15) is 0 Å². The van der Waals surface area contributed by atoms with Crippen molar-refractivity contribution < 1.29 is 28.7 Å². The molecule has 0 saturated carbocycles. The average molecular weight is 349 g/mol. The van der Waals surface area contributed by atoms with Gasteiger partial charge in [0.05, 0.1) is 12.0 Å². The molecular formula is C16H16NO6P. The van der Waals surface area contributed by atoms with E-state index in [9.17, 15) is 19.0 Å². The van der Waals surface area contributed by atoms with Gasteiger partial charge in [-0.05, 0) is 23.8 Å². The van der Waals surface area contributed by atoms with Gasteiger partial charge in [-0.1, -0.05) is 36.4 Å². The molecule has 0 aliphatic carbocycles. The number of hydrogen-bond donors (Lipinski definition) is 3. The molecule has 0 radical (unpaired) electrons. The van der Waals surface area contributed by atoms with Crippen LogP contribution in [0.15, 0.2) is 54.6 Å². The Morgan fingerprint density at radius 2 is 1.79 bits per heavy atom. The Kier molecular flexibility index (Phi) is 5.73. The van der Waals surface area contributed by atoms with Crippen LogP contribution >= 0.6 is 7.60 Å². The van der Waals surface area contributed by atoms with E-state index in [-0.39, 0.29) is 17.7 Å². The highest BCUT2D eigenvalue weighted by Gasteiger charge is 2.22. The van der Waals surface area contributed by atoms with Crippen molar-refractivity contribution in [2.45, 2.75) is 6.42 Å². The molecule has 0 saturated heterocycles. The van der Waals surface area contributed by atoms with Crippen molar-refractivity contribution in [1.29, 1.82) is 0 Å². The van der Waals surface area contributed by atoms with Crippen LogP contribution in [0.3, 0.4) is 0 Å². The maximum Gasteiger partial charge on any atom is 0.395 e. The zero-order chi connectivity index (χ0) is 17.6. The Bertz CT molecular complexity index is 777. The molecule has 0 spiro atoms. The van der Waals surface area contributed by atoms with E-state index in [1.54, 1.807) is 24.3 Å². The van der Waals surface area contributed by atoms with E-state index in [0.29, 0.717) is 0 Å². The highest BCUT2D eigenvalue weighted by atomic mass is 31.2. The first kappa shape index (κ1) is 17.7. The predicted molar refractivity (Wildman–Crippen MR) is 87.0 cm³/mol. The van der Waals surface area contributed by atoms with Crippen LogP contribution in [-0.4, -0.2) is 28.2 Å². The fourth-order valence-corrected chi connectivity index (χ4v) is 2.80. The third kappa shape index (κ3) is 5.53. The van der Waals surface area contributed by atoms with Crippen molar-refractivity contribution in [2.75, 3.05) is 6.29 Å². The van der Waals surface area contributed by atoms with Gasteiger partial charge in [0.1, 0.15) is 12.0 Å². The largest absolute Gasteiger partial charge is 0.478 e. The van der Waals surface area contributed by atoms with Gasteiger partial charge in [-0.25, -0.2) is 9.36 Å².